The molecule has 0 unspecified atom stereocenters. The molecule has 1 aliphatic rings. The van der Waals surface area contributed by atoms with Crippen LogP contribution in [0.5, 0.6) is 0 Å². The van der Waals surface area contributed by atoms with Gasteiger partial charge in [0.15, 0.2) is 5.58 Å². The summed E-state index contributed by atoms with van der Waals surface area (Å²) in [7, 11) is 1.58. The van der Waals surface area contributed by atoms with Crippen molar-refractivity contribution < 1.29 is 18.7 Å². The van der Waals surface area contributed by atoms with Crippen LogP contribution in [0.4, 0.5) is 11.7 Å². The van der Waals surface area contributed by atoms with Gasteiger partial charge in [0.1, 0.15) is 5.52 Å². The Morgan fingerprint density at radius 3 is 2.65 bits per heavy atom. The minimum Gasteiger partial charge on any atom is -0.423 e. The Labute approximate surface area is 180 Å². The number of methoxy groups -OCH3 is 1. The van der Waals surface area contributed by atoms with Gasteiger partial charge in [-0.25, -0.2) is 0 Å². The smallest absolute Gasteiger partial charge is 0.298 e. The molecule has 1 aliphatic heterocycles. The predicted octanol–water partition coefficient (Wildman–Crippen LogP) is 3.06. The second-order valence-electron chi connectivity index (χ2n) is 7.51. The number of nitrogens with one attached hydrogen (secondary N) is 2. The molecule has 162 valence electrons. The fraction of sp³-hybridized carbons (Fsp3) is 0.348. The van der Waals surface area contributed by atoms with Crippen molar-refractivity contribution in [1.82, 2.24) is 10.3 Å². The van der Waals surface area contributed by atoms with E-state index in [-0.39, 0.29) is 17.7 Å². The van der Waals surface area contributed by atoms with Crippen molar-refractivity contribution in [3.05, 3.63) is 54.1 Å². The van der Waals surface area contributed by atoms with E-state index in [0.717, 1.165) is 11.1 Å². The molecule has 1 saturated heterocycles. The molecule has 8 nitrogen and oxygen atoms in total. The van der Waals surface area contributed by atoms with Crippen molar-refractivity contribution in [2.45, 2.75) is 12.8 Å². The van der Waals surface area contributed by atoms with E-state index in [1.165, 1.54) is 0 Å². The number of fused-ring (bicyclic) bond motifs is 1. The molecular weight excluding hydrogens is 396 g/mol. The van der Waals surface area contributed by atoms with Gasteiger partial charge < -0.3 is 24.7 Å². The summed E-state index contributed by atoms with van der Waals surface area (Å²) in [5.41, 5.74) is 2.55. The molecule has 2 heterocycles. The van der Waals surface area contributed by atoms with Gasteiger partial charge in [0, 0.05) is 32.7 Å². The Morgan fingerprint density at radius 1 is 1.13 bits per heavy atom. The fourth-order valence-electron chi connectivity index (χ4n) is 3.72. The van der Waals surface area contributed by atoms with Gasteiger partial charge in [-0.3, -0.25) is 9.59 Å². The molecule has 8 heteroatoms. The van der Waals surface area contributed by atoms with Crippen molar-refractivity contribution in [2.75, 3.05) is 43.6 Å². The summed E-state index contributed by atoms with van der Waals surface area (Å²) in [6, 6.07) is 15.3. The number of aromatic nitrogens is 1. The summed E-state index contributed by atoms with van der Waals surface area (Å²) in [5.74, 6) is -0.446. The van der Waals surface area contributed by atoms with E-state index in [4.69, 9.17) is 9.15 Å². The maximum atomic E-state index is 12.9. The molecule has 0 bridgehead atoms. The van der Waals surface area contributed by atoms with Crippen LogP contribution in [0.15, 0.2) is 52.9 Å². The number of carbonyl (C=O) groups is 2. The third-order valence-electron chi connectivity index (χ3n) is 5.44. The van der Waals surface area contributed by atoms with Gasteiger partial charge in [-0.1, -0.05) is 24.3 Å². The van der Waals surface area contributed by atoms with Gasteiger partial charge in [0.05, 0.1) is 17.9 Å². The third-order valence-corrected chi connectivity index (χ3v) is 5.44. The second-order valence-corrected chi connectivity index (χ2v) is 7.51. The van der Waals surface area contributed by atoms with Crippen LogP contribution < -0.4 is 15.5 Å². The summed E-state index contributed by atoms with van der Waals surface area (Å²) in [5, 5.41) is 5.73. The monoisotopic (exact) mass is 422 g/mol. The summed E-state index contributed by atoms with van der Waals surface area (Å²) in [4.78, 5) is 31.9. The molecule has 1 fully saturated rings. The van der Waals surface area contributed by atoms with Crippen LogP contribution in [0.1, 0.15) is 23.2 Å². The largest absolute Gasteiger partial charge is 0.423 e. The van der Waals surface area contributed by atoms with E-state index in [0.29, 0.717) is 56.3 Å². The Balaban J connectivity index is 1.35. The first kappa shape index (κ1) is 20.9. The first-order chi connectivity index (χ1) is 15.2. The number of carbonyl (C=O) groups excluding carboxylic acids is 2. The van der Waals surface area contributed by atoms with Crippen LogP contribution in [-0.4, -0.2) is 50.1 Å². The lowest BCUT2D eigenvalue weighted by Crippen LogP contribution is -2.38. The quantitative estimate of drug-likeness (QED) is 0.568. The van der Waals surface area contributed by atoms with Crippen LogP contribution in [-0.2, 0) is 9.53 Å². The Bertz CT molecular complexity index is 1020. The van der Waals surface area contributed by atoms with Crippen molar-refractivity contribution in [1.29, 1.82) is 0 Å². The number of nitrogens with zero attached hydrogens (tertiary/aromatic N) is 2. The zero-order valence-corrected chi connectivity index (χ0v) is 17.5. The van der Waals surface area contributed by atoms with E-state index < -0.39 is 0 Å². The number of anilines is 2. The van der Waals surface area contributed by atoms with Gasteiger partial charge in [0.25, 0.3) is 11.9 Å². The van der Waals surface area contributed by atoms with Gasteiger partial charge in [-0.15, -0.1) is 0 Å². The number of amides is 2. The van der Waals surface area contributed by atoms with E-state index in [9.17, 15) is 9.59 Å². The van der Waals surface area contributed by atoms with Crippen LogP contribution in [0.2, 0.25) is 0 Å². The zero-order valence-electron chi connectivity index (χ0n) is 17.5. The molecular formula is C23H26N4O4. The lowest BCUT2D eigenvalue weighted by Gasteiger charge is -2.30. The average Bonchev–Trinajstić information content (AvgIpc) is 3.24. The van der Waals surface area contributed by atoms with E-state index in [1.807, 2.05) is 24.3 Å². The summed E-state index contributed by atoms with van der Waals surface area (Å²) in [6.45, 7) is 2.21. The number of benzene rings is 2. The summed E-state index contributed by atoms with van der Waals surface area (Å²) in [6.07, 6.45) is 1.37. The molecule has 0 aliphatic carbocycles. The molecule has 3 aromatic rings. The standard InChI is InChI=1S/C23H26N4O4/c1-30-15-12-24-22(29)17-6-2-3-7-18(17)25-21(28)16-10-13-27(14-11-16)23-26-19-8-4-5-9-20(19)31-23/h2-9,16H,10-15H2,1H3,(H,24,29)(H,25,28). The summed E-state index contributed by atoms with van der Waals surface area (Å²) < 4.78 is 10.8. The predicted molar refractivity (Wildman–Crippen MR) is 118 cm³/mol. The highest BCUT2D eigenvalue weighted by Crippen LogP contribution is 2.27. The molecule has 0 saturated carbocycles. The van der Waals surface area contributed by atoms with Crippen LogP contribution in [0.25, 0.3) is 11.1 Å². The van der Waals surface area contributed by atoms with Crippen LogP contribution in [0.3, 0.4) is 0 Å². The normalized spacial score (nSPS) is 14.5. The first-order valence-corrected chi connectivity index (χ1v) is 10.4. The van der Waals surface area contributed by atoms with Gasteiger partial charge in [-0.05, 0) is 37.1 Å². The second kappa shape index (κ2) is 9.61. The molecule has 1 aromatic heterocycles. The Kier molecular flexibility index (Phi) is 6.47. The van der Waals surface area contributed by atoms with Gasteiger partial charge >= 0.3 is 0 Å². The number of para-hydroxylation sites is 3. The SMILES string of the molecule is COCCNC(=O)c1ccccc1NC(=O)C1CCN(c2nc3ccccc3o2)CC1. The highest BCUT2D eigenvalue weighted by molar-refractivity contribution is 6.04. The van der Waals surface area contributed by atoms with Gasteiger partial charge in [-0.2, -0.15) is 4.98 Å². The maximum Gasteiger partial charge on any atom is 0.298 e. The number of oxazole rings is 1. The number of piperidine rings is 1. The highest BCUT2D eigenvalue weighted by Gasteiger charge is 2.28. The molecule has 0 radical (unpaired) electrons. The lowest BCUT2D eigenvalue weighted by atomic mass is 9.96. The van der Waals surface area contributed by atoms with Crippen molar-refractivity contribution in [3.63, 3.8) is 0 Å². The van der Waals surface area contributed by atoms with Crippen molar-refractivity contribution in [2.24, 2.45) is 5.92 Å². The number of rotatable bonds is 7. The highest BCUT2D eigenvalue weighted by atomic mass is 16.5. The molecule has 0 spiro atoms. The van der Waals surface area contributed by atoms with E-state index in [1.54, 1.807) is 31.4 Å². The fourth-order valence-corrected chi connectivity index (χ4v) is 3.72. The molecule has 4 rings (SSSR count). The van der Waals surface area contributed by atoms with E-state index in [2.05, 4.69) is 20.5 Å². The molecule has 31 heavy (non-hydrogen) atoms. The average molecular weight is 422 g/mol. The lowest BCUT2D eigenvalue weighted by molar-refractivity contribution is -0.120. The number of hydrogen-bond donors (Lipinski definition) is 2. The maximum absolute atomic E-state index is 12.9. The Hall–Kier alpha value is -3.39. The topological polar surface area (TPSA) is 96.7 Å². The van der Waals surface area contributed by atoms with Crippen molar-refractivity contribution in [3.8, 4) is 0 Å². The third kappa shape index (κ3) is 4.86. The molecule has 0 atom stereocenters. The zero-order chi connectivity index (χ0) is 21.6. The van der Waals surface area contributed by atoms with E-state index >= 15 is 0 Å². The van der Waals surface area contributed by atoms with Crippen molar-refractivity contribution >= 4 is 34.6 Å². The minimum absolute atomic E-state index is 0.0747. The van der Waals surface area contributed by atoms with Crippen LogP contribution >= 0.6 is 0 Å². The number of ether oxygens (including phenoxy) is 1. The minimum atomic E-state index is -0.237. The number of hydrogen-bond acceptors (Lipinski definition) is 6. The van der Waals surface area contributed by atoms with Gasteiger partial charge in [0.2, 0.25) is 5.91 Å². The molecule has 2 N–H and O–H groups in total. The first-order valence-electron chi connectivity index (χ1n) is 10.4. The summed E-state index contributed by atoms with van der Waals surface area (Å²) >= 11 is 0. The molecule has 2 amide bonds. The Morgan fingerprint density at radius 2 is 1.87 bits per heavy atom. The molecule has 2 aromatic carbocycles. The van der Waals surface area contributed by atoms with Crippen LogP contribution in [0, 0.1) is 5.92 Å².